The molecule has 0 saturated carbocycles. The summed E-state index contributed by atoms with van der Waals surface area (Å²) < 4.78 is 4.44. The zero-order chi connectivity index (χ0) is 24.7. The number of para-hydroxylation sites is 1. The summed E-state index contributed by atoms with van der Waals surface area (Å²) >= 11 is 9.52. The molecule has 0 amide bonds. The molecule has 3 aromatic carbocycles. The average molecular weight is 548 g/mol. The number of halogens is 2. The Bertz CT molecular complexity index is 1640. The second-order valence-electron chi connectivity index (χ2n) is 9.56. The van der Waals surface area contributed by atoms with Gasteiger partial charge in [0.05, 0.1) is 17.1 Å². The lowest BCUT2D eigenvalue weighted by Crippen LogP contribution is -2.29. The van der Waals surface area contributed by atoms with Crippen molar-refractivity contribution in [2.24, 2.45) is 5.10 Å². The van der Waals surface area contributed by atoms with E-state index in [0.717, 1.165) is 31.5 Å². The number of nitrogens with zero attached hydrogens (tertiary/aromatic N) is 4. The Kier molecular flexibility index (Phi) is 6.11. The third kappa shape index (κ3) is 4.68. The normalized spacial score (nSPS) is 12.3. The molecule has 5 rings (SSSR count). The summed E-state index contributed by atoms with van der Waals surface area (Å²) in [6.07, 6.45) is 3.82. The van der Waals surface area contributed by atoms with Gasteiger partial charge in [-0.05, 0) is 42.0 Å². The van der Waals surface area contributed by atoms with E-state index in [-0.39, 0.29) is 11.0 Å². The van der Waals surface area contributed by atoms with Gasteiger partial charge < -0.3 is 4.57 Å². The molecule has 0 aliphatic heterocycles. The van der Waals surface area contributed by atoms with Crippen molar-refractivity contribution in [2.75, 3.05) is 0 Å². The van der Waals surface area contributed by atoms with Crippen LogP contribution in [0.25, 0.3) is 21.8 Å². The third-order valence-electron chi connectivity index (χ3n) is 5.88. The van der Waals surface area contributed by atoms with Crippen LogP contribution in [0.5, 0.6) is 0 Å². The molecule has 5 aromatic rings. The highest BCUT2D eigenvalue weighted by Crippen LogP contribution is 2.24. The van der Waals surface area contributed by atoms with Crippen molar-refractivity contribution in [2.45, 2.75) is 32.7 Å². The molecular weight excluding hydrogens is 524 g/mol. The van der Waals surface area contributed by atoms with Gasteiger partial charge in [-0.2, -0.15) is 9.78 Å². The van der Waals surface area contributed by atoms with Crippen molar-refractivity contribution in [3.63, 3.8) is 0 Å². The Morgan fingerprint density at radius 1 is 1.03 bits per heavy atom. The van der Waals surface area contributed by atoms with Crippen LogP contribution in [0.1, 0.15) is 37.7 Å². The van der Waals surface area contributed by atoms with Crippen LogP contribution in [0.4, 0.5) is 0 Å². The first-order valence-corrected chi connectivity index (χ1v) is 12.5. The van der Waals surface area contributed by atoms with Gasteiger partial charge in [-0.25, -0.2) is 4.98 Å². The highest BCUT2D eigenvalue weighted by Gasteiger charge is 2.23. The molecular formula is C28H24BrClN4O. The van der Waals surface area contributed by atoms with Crippen LogP contribution < -0.4 is 5.56 Å². The predicted molar refractivity (Wildman–Crippen MR) is 148 cm³/mol. The van der Waals surface area contributed by atoms with Crippen LogP contribution in [0, 0.1) is 0 Å². The molecule has 0 fully saturated rings. The number of aromatic nitrogens is 3. The highest BCUT2D eigenvalue weighted by molar-refractivity contribution is 9.10. The Labute approximate surface area is 216 Å². The summed E-state index contributed by atoms with van der Waals surface area (Å²) in [6.45, 7) is 6.79. The molecule has 0 atom stereocenters. The molecule has 0 radical (unpaired) electrons. The van der Waals surface area contributed by atoms with Crippen LogP contribution in [0.2, 0.25) is 5.02 Å². The van der Waals surface area contributed by atoms with Gasteiger partial charge in [-0.15, -0.1) is 0 Å². The fourth-order valence-corrected chi connectivity index (χ4v) is 4.64. The smallest absolute Gasteiger partial charge is 0.282 e. The summed E-state index contributed by atoms with van der Waals surface area (Å²) in [4.78, 5) is 18.3. The van der Waals surface area contributed by atoms with Crippen LogP contribution in [-0.4, -0.2) is 20.4 Å². The third-order valence-corrected chi connectivity index (χ3v) is 6.62. The maximum absolute atomic E-state index is 13.5. The average Bonchev–Trinajstić information content (AvgIpc) is 3.17. The zero-order valence-electron chi connectivity index (χ0n) is 19.7. The maximum atomic E-state index is 13.5. The van der Waals surface area contributed by atoms with Crippen molar-refractivity contribution in [3.8, 4) is 0 Å². The number of hydrogen-bond acceptors (Lipinski definition) is 3. The van der Waals surface area contributed by atoms with E-state index in [1.54, 1.807) is 12.3 Å². The molecule has 7 heteroatoms. The Hall–Kier alpha value is -3.22. The molecule has 0 unspecified atom stereocenters. The van der Waals surface area contributed by atoms with Crippen molar-refractivity contribution in [1.29, 1.82) is 0 Å². The number of fused-ring (bicyclic) bond motifs is 2. The predicted octanol–water partition coefficient (Wildman–Crippen LogP) is 7.00. The van der Waals surface area contributed by atoms with E-state index in [4.69, 9.17) is 16.6 Å². The Morgan fingerprint density at radius 3 is 2.51 bits per heavy atom. The number of hydrogen-bond donors (Lipinski definition) is 0. The van der Waals surface area contributed by atoms with Gasteiger partial charge in [0.2, 0.25) is 0 Å². The van der Waals surface area contributed by atoms with Gasteiger partial charge >= 0.3 is 0 Å². The monoisotopic (exact) mass is 546 g/mol. The minimum absolute atomic E-state index is 0.192. The summed E-state index contributed by atoms with van der Waals surface area (Å²) in [6, 6.07) is 21.6. The topological polar surface area (TPSA) is 52.2 Å². The molecule has 0 N–H and O–H groups in total. The summed E-state index contributed by atoms with van der Waals surface area (Å²) in [5, 5.41) is 6.98. The maximum Gasteiger partial charge on any atom is 0.282 e. The van der Waals surface area contributed by atoms with Crippen molar-refractivity contribution >= 4 is 55.6 Å². The summed E-state index contributed by atoms with van der Waals surface area (Å²) in [7, 11) is 0. The molecule has 0 aliphatic rings. The van der Waals surface area contributed by atoms with Gasteiger partial charge in [-0.3, -0.25) is 4.79 Å². The molecule has 2 aromatic heterocycles. The zero-order valence-corrected chi connectivity index (χ0v) is 22.0. The summed E-state index contributed by atoms with van der Waals surface area (Å²) in [5.41, 5.74) is 3.26. The molecule has 0 bridgehead atoms. The largest absolute Gasteiger partial charge is 0.342 e. The lowest BCUT2D eigenvalue weighted by Gasteiger charge is -2.20. The van der Waals surface area contributed by atoms with Crippen molar-refractivity contribution in [1.82, 2.24) is 14.2 Å². The van der Waals surface area contributed by atoms with Crippen LogP contribution in [0.3, 0.4) is 0 Å². The van der Waals surface area contributed by atoms with Crippen LogP contribution in [-0.2, 0) is 12.0 Å². The first kappa shape index (κ1) is 23.5. The van der Waals surface area contributed by atoms with E-state index in [0.29, 0.717) is 23.3 Å². The van der Waals surface area contributed by atoms with Gasteiger partial charge in [0, 0.05) is 44.1 Å². The second kappa shape index (κ2) is 9.10. The van der Waals surface area contributed by atoms with Gasteiger partial charge in [-0.1, -0.05) is 78.6 Å². The fourth-order valence-electron chi connectivity index (χ4n) is 4.16. The molecule has 0 saturated heterocycles. The molecule has 2 heterocycles. The van der Waals surface area contributed by atoms with E-state index in [9.17, 15) is 4.79 Å². The van der Waals surface area contributed by atoms with Gasteiger partial charge in [0.15, 0.2) is 0 Å². The fraction of sp³-hybridized carbons (Fsp3) is 0.179. The lowest BCUT2D eigenvalue weighted by molar-refractivity contribution is 0.506. The number of rotatable bonds is 4. The molecule has 176 valence electrons. The molecule has 5 nitrogen and oxygen atoms in total. The SMILES string of the molecule is CC(C)(C)c1nc2ccc(Br)cc2c(=O)n1N=Cc1cn(Cc2ccc(Cl)cc2)c2ccccc12. The standard InChI is InChI=1S/C28H24BrClN4O/c1-28(2,3)27-32-24-13-10-20(29)14-23(24)26(35)34(27)31-15-19-17-33(25-7-5-4-6-22(19)25)16-18-8-11-21(30)12-9-18/h4-15,17H,16H2,1-3H3. The summed E-state index contributed by atoms with van der Waals surface area (Å²) in [5.74, 6) is 0.610. The van der Waals surface area contributed by atoms with Crippen LogP contribution >= 0.6 is 27.5 Å². The van der Waals surface area contributed by atoms with Gasteiger partial charge in [0.1, 0.15) is 5.82 Å². The van der Waals surface area contributed by atoms with Crippen molar-refractivity contribution < 1.29 is 0 Å². The minimum Gasteiger partial charge on any atom is -0.342 e. The number of benzene rings is 3. The van der Waals surface area contributed by atoms with Crippen LogP contribution in [0.15, 0.2) is 87.3 Å². The van der Waals surface area contributed by atoms with E-state index in [2.05, 4.69) is 43.9 Å². The van der Waals surface area contributed by atoms with E-state index in [1.165, 1.54) is 4.68 Å². The van der Waals surface area contributed by atoms with E-state index in [1.807, 2.05) is 69.3 Å². The van der Waals surface area contributed by atoms with E-state index < -0.39 is 0 Å². The van der Waals surface area contributed by atoms with Crippen molar-refractivity contribution in [3.05, 3.63) is 110 Å². The molecule has 35 heavy (non-hydrogen) atoms. The molecule has 0 spiro atoms. The first-order valence-electron chi connectivity index (χ1n) is 11.3. The van der Waals surface area contributed by atoms with E-state index >= 15 is 0 Å². The Balaban J connectivity index is 1.63. The lowest BCUT2D eigenvalue weighted by atomic mass is 9.95. The highest BCUT2D eigenvalue weighted by atomic mass is 79.9. The Morgan fingerprint density at radius 2 is 1.77 bits per heavy atom. The first-order chi connectivity index (χ1) is 16.7. The minimum atomic E-state index is -0.375. The second-order valence-corrected chi connectivity index (χ2v) is 10.9. The quantitative estimate of drug-likeness (QED) is 0.228. The van der Waals surface area contributed by atoms with Gasteiger partial charge in [0.25, 0.3) is 5.56 Å². The molecule has 0 aliphatic carbocycles.